The molecule has 0 aliphatic rings. The van der Waals surface area contributed by atoms with E-state index in [9.17, 15) is 4.79 Å². The summed E-state index contributed by atoms with van der Waals surface area (Å²) in [6.45, 7) is 9.03. The van der Waals surface area contributed by atoms with Gasteiger partial charge in [-0.1, -0.05) is 72.3 Å². The lowest BCUT2D eigenvalue weighted by Gasteiger charge is -2.17. The number of amides is 1. The zero-order chi connectivity index (χ0) is 20.8. The van der Waals surface area contributed by atoms with Crippen LogP contribution >= 0.6 is 11.8 Å². The Labute approximate surface area is 176 Å². The number of aryl methyl sites for hydroxylation is 2. The number of rotatable bonds is 8. The van der Waals surface area contributed by atoms with Gasteiger partial charge in [0.25, 0.3) is 0 Å². The van der Waals surface area contributed by atoms with Crippen LogP contribution in [0, 0.1) is 13.8 Å². The summed E-state index contributed by atoms with van der Waals surface area (Å²) in [6.07, 6.45) is 0.849. The van der Waals surface area contributed by atoms with Crippen molar-refractivity contribution in [2.45, 2.75) is 51.9 Å². The Balaban J connectivity index is 1.66. The number of benzene rings is 2. The molecule has 0 saturated heterocycles. The summed E-state index contributed by atoms with van der Waals surface area (Å²) in [5.41, 5.74) is 4.58. The number of carbonyl (C=O) groups is 1. The van der Waals surface area contributed by atoms with Gasteiger partial charge in [-0.2, -0.15) is 0 Å². The van der Waals surface area contributed by atoms with E-state index in [1.807, 2.05) is 12.1 Å². The molecule has 2 aromatic carbocycles. The van der Waals surface area contributed by atoms with Crippen LogP contribution in [-0.4, -0.2) is 26.4 Å². The third-order valence-corrected chi connectivity index (χ3v) is 5.83. The maximum atomic E-state index is 12.6. The molecule has 5 nitrogen and oxygen atoms in total. The minimum absolute atomic E-state index is 0.00480. The fraction of sp³-hybridized carbons (Fsp3) is 0.348. The third-order valence-electron chi connectivity index (χ3n) is 4.86. The molecule has 0 spiro atoms. The Morgan fingerprint density at radius 1 is 1.07 bits per heavy atom. The third kappa shape index (κ3) is 5.26. The van der Waals surface area contributed by atoms with Crippen LogP contribution in [0.1, 0.15) is 43.0 Å². The molecular weight excluding hydrogens is 380 g/mol. The van der Waals surface area contributed by atoms with Gasteiger partial charge in [-0.15, -0.1) is 10.2 Å². The first-order valence-electron chi connectivity index (χ1n) is 10.0. The average molecular weight is 409 g/mol. The molecule has 152 valence electrons. The second-order valence-corrected chi connectivity index (χ2v) is 8.09. The Hall–Kier alpha value is -2.60. The van der Waals surface area contributed by atoms with Crippen molar-refractivity contribution in [3.63, 3.8) is 0 Å². The zero-order valence-electron chi connectivity index (χ0n) is 17.5. The summed E-state index contributed by atoms with van der Waals surface area (Å²) in [7, 11) is 0. The molecule has 6 heteroatoms. The highest BCUT2D eigenvalue weighted by molar-refractivity contribution is 7.99. The van der Waals surface area contributed by atoms with E-state index in [1.54, 1.807) is 0 Å². The van der Waals surface area contributed by atoms with Crippen molar-refractivity contribution in [2.24, 2.45) is 0 Å². The molecule has 3 rings (SSSR count). The van der Waals surface area contributed by atoms with Crippen LogP contribution in [0.25, 0.3) is 11.4 Å². The maximum absolute atomic E-state index is 12.6. The lowest BCUT2D eigenvalue weighted by molar-refractivity contribution is -0.119. The largest absolute Gasteiger partial charge is 0.349 e. The van der Waals surface area contributed by atoms with Crippen molar-refractivity contribution in [2.75, 3.05) is 5.75 Å². The monoisotopic (exact) mass is 408 g/mol. The van der Waals surface area contributed by atoms with Crippen molar-refractivity contribution < 1.29 is 4.79 Å². The SMILES string of the molecule is CCC(NC(=O)CSc1nnc(-c2cccc(C)c2)n1CC)c1ccc(C)cc1. The van der Waals surface area contributed by atoms with E-state index in [4.69, 9.17) is 0 Å². The highest BCUT2D eigenvalue weighted by Gasteiger charge is 2.17. The Morgan fingerprint density at radius 2 is 1.83 bits per heavy atom. The summed E-state index contributed by atoms with van der Waals surface area (Å²) < 4.78 is 2.06. The van der Waals surface area contributed by atoms with Crippen LogP contribution in [-0.2, 0) is 11.3 Å². The summed E-state index contributed by atoms with van der Waals surface area (Å²) in [5.74, 6) is 1.16. The molecular formula is C23H28N4OS. The fourth-order valence-electron chi connectivity index (χ4n) is 3.26. The Morgan fingerprint density at radius 3 is 2.48 bits per heavy atom. The van der Waals surface area contributed by atoms with Crippen molar-refractivity contribution in [1.29, 1.82) is 0 Å². The molecule has 1 amide bonds. The van der Waals surface area contributed by atoms with Crippen LogP contribution in [0.15, 0.2) is 53.7 Å². The van der Waals surface area contributed by atoms with E-state index < -0.39 is 0 Å². The number of nitrogens with zero attached hydrogens (tertiary/aromatic N) is 3. The first kappa shape index (κ1) is 21.1. The van der Waals surface area contributed by atoms with Gasteiger partial charge in [0.2, 0.25) is 5.91 Å². The number of hydrogen-bond acceptors (Lipinski definition) is 4. The number of hydrogen-bond donors (Lipinski definition) is 1. The normalized spacial score (nSPS) is 12.0. The maximum Gasteiger partial charge on any atom is 0.230 e. The Kier molecular flexibility index (Phi) is 7.09. The summed E-state index contributed by atoms with van der Waals surface area (Å²) in [5, 5.41) is 12.6. The minimum atomic E-state index is 0.00480. The molecule has 1 N–H and O–H groups in total. The molecule has 1 heterocycles. The average Bonchev–Trinajstić information content (AvgIpc) is 3.14. The van der Waals surface area contributed by atoms with Crippen LogP contribution in [0.5, 0.6) is 0 Å². The summed E-state index contributed by atoms with van der Waals surface area (Å²) in [6, 6.07) is 16.6. The second kappa shape index (κ2) is 9.74. The molecule has 1 unspecified atom stereocenters. The van der Waals surface area contributed by atoms with Gasteiger partial charge in [0.05, 0.1) is 11.8 Å². The van der Waals surface area contributed by atoms with Gasteiger partial charge in [-0.3, -0.25) is 4.79 Å². The van der Waals surface area contributed by atoms with E-state index in [0.717, 1.165) is 35.1 Å². The van der Waals surface area contributed by atoms with E-state index >= 15 is 0 Å². The molecule has 0 aliphatic carbocycles. The predicted octanol–water partition coefficient (Wildman–Crippen LogP) is 4.94. The fourth-order valence-corrected chi connectivity index (χ4v) is 4.08. The molecule has 1 atom stereocenters. The zero-order valence-corrected chi connectivity index (χ0v) is 18.3. The predicted molar refractivity (Wildman–Crippen MR) is 119 cm³/mol. The lowest BCUT2D eigenvalue weighted by atomic mass is 10.0. The standard InChI is InChI=1S/C23H28N4OS/c1-5-20(18-12-10-16(3)11-13-18)24-21(28)15-29-23-26-25-22(27(23)6-2)19-9-7-8-17(4)14-19/h7-14,20H,5-6,15H2,1-4H3,(H,24,28). The van der Waals surface area contributed by atoms with Gasteiger partial charge >= 0.3 is 0 Å². The molecule has 0 aliphatic heterocycles. The summed E-state index contributed by atoms with van der Waals surface area (Å²) in [4.78, 5) is 12.6. The quantitative estimate of drug-likeness (QED) is 0.536. The molecule has 1 aromatic heterocycles. The summed E-state index contributed by atoms with van der Waals surface area (Å²) >= 11 is 1.43. The molecule has 0 saturated carbocycles. The second-order valence-electron chi connectivity index (χ2n) is 7.15. The molecule has 0 radical (unpaired) electrons. The van der Waals surface area contributed by atoms with Crippen molar-refractivity contribution in [3.8, 4) is 11.4 Å². The minimum Gasteiger partial charge on any atom is -0.349 e. The van der Waals surface area contributed by atoms with Crippen LogP contribution < -0.4 is 5.32 Å². The van der Waals surface area contributed by atoms with Gasteiger partial charge in [0, 0.05) is 12.1 Å². The number of thioether (sulfide) groups is 1. The van der Waals surface area contributed by atoms with Crippen molar-refractivity contribution >= 4 is 17.7 Å². The van der Waals surface area contributed by atoms with E-state index in [1.165, 1.54) is 22.9 Å². The van der Waals surface area contributed by atoms with Crippen LogP contribution in [0.4, 0.5) is 0 Å². The number of nitrogens with one attached hydrogen (secondary N) is 1. The van der Waals surface area contributed by atoms with Crippen molar-refractivity contribution in [1.82, 2.24) is 20.1 Å². The van der Waals surface area contributed by atoms with Gasteiger partial charge in [-0.25, -0.2) is 0 Å². The van der Waals surface area contributed by atoms with Gasteiger partial charge in [0.1, 0.15) is 0 Å². The van der Waals surface area contributed by atoms with Crippen molar-refractivity contribution in [3.05, 3.63) is 65.2 Å². The van der Waals surface area contributed by atoms with Gasteiger partial charge in [0.15, 0.2) is 11.0 Å². The molecule has 0 bridgehead atoms. The van der Waals surface area contributed by atoms with Crippen LogP contribution in [0.2, 0.25) is 0 Å². The topological polar surface area (TPSA) is 59.8 Å². The van der Waals surface area contributed by atoms with E-state index in [2.05, 4.69) is 84.2 Å². The highest BCUT2D eigenvalue weighted by atomic mass is 32.2. The van der Waals surface area contributed by atoms with E-state index in [0.29, 0.717) is 5.75 Å². The number of aromatic nitrogens is 3. The highest BCUT2D eigenvalue weighted by Crippen LogP contribution is 2.25. The van der Waals surface area contributed by atoms with Crippen LogP contribution in [0.3, 0.4) is 0 Å². The first-order chi connectivity index (χ1) is 14.0. The smallest absolute Gasteiger partial charge is 0.230 e. The van der Waals surface area contributed by atoms with E-state index in [-0.39, 0.29) is 11.9 Å². The molecule has 0 fully saturated rings. The first-order valence-corrected chi connectivity index (χ1v) is 11.0. The Bertz CT molecular complexity index is 965. The number of carbonyl (C=O) groups excluding carboxylic acids is 1. The van der Waals surface area contributed by atoms with Gasteiger partial charge < -0.3 is 9.88 Å². The lowest BCUT2D eigenvalue weighted by Crippen LogP contribution is -2.29. The van der Waals surface area contributed by atoms with Gasteiger partial charge in [-0.05, 0) is 38.8 Å². The molecule has 29 heavy (non-hydrogen) atoms. The molecule has 3 aromatic rings.